The summed E-state index contributed by atoms with van der Waals surface area (Å²) >= 11 is 0. The molecule has 17 heavy (non-hydrogen) atoms. The van der Waals surface area contributed by atoms with Gasteiger partial charge in [0.15, 0.2) is 0 Å². The van der Waals surface area contributed by atoms with E-state index in [2.05, 4.69) is 6.07 Å². The molecule has 0 unspecified atom stereocenters. The van der Waals surface area contributed by atoms with Crippen molar-refractivity contribution >= 4 is 11.6 Å². The van der Waals surface area contributed by atoms with Gasteiger partial charge in [-0.1, -0.05) is 0 Å². The number of amides is 1. The molecule has 0 aromatic heterocycles. The van der Waals surface area contributed by atoms with Crippen LogP contribution in [0.15, 0.2) is 18.2 Å². The zero-order chi connectivity index (χ0) is 12.0. The summed E-state index contributed by atoms with van der Waals surface area (Å²) in [7, 11) is 0. The van der Waals surface area contributed by atoms with Crippen LogP contribution in [-0.2, 0) is 4.79 Å². The van der Waals surface area contributed by atoms with Gasteiger partial charge in [0.05, 0.1) is 11.6 Å². The fourth-order valence-corrected chi connectivity index (χ4v) is 3.05. The van der Waals surface area contributed by atoms with Crippen LogP contribution < -0.4 is 4.90 Å². The average molecular weight is 226 g/mol. The zero-order valence-corrected chi connectivity index (χ0v) is 9.81. The van der Waals surface area contributed by atoms with Gasteiger partial charge in [0.1, 0.15) is 0 Å². The summed E-state index contributed by atoms with van der Waals surface area (Å²) in [6, 6.07) is 8.20. The Hall–Kier alpha value is -1.82. The molecule has 1 saturated carbocycles. The molecular formula is C14H14N2O. The normalized spacial score (nSPS) is 26.4. The second-order valence-corrected chi connectivity index (χ2v) is 4.98. The molecule has 3 nitrogen and oxygen atoms in total. The van der Waals surface area contributed by atoms with Crippen LogP contribution in [-0.4, -0.2) is 11.9 Å². The number of benzene rings is 1. The molecular weight excluding hydrogens is 212 g/mol. The molecule has 0 radical (unpaired) electrons. The molecule has 86 valence electrons. The standard InChI is InChI=1S/C14H14N2O/c1-9-6-12(5-3-11(9)8-15)16-13-4-2-10(7-13)14(16)17/h3,5-6,10,13H,2,4,7H2,1H3/t10-,13+/m0/s1. The van der Waals surface area contributed by atoms with Crippen molar-refractivity contribution < 1.29 is 4.79 Å². The number of anilines is 1. The molecule has 1 heterocycles. The van der Waals surface area contributed by atoms with Crippen LogP contribution in [0.5, 0.6) is 0 Å². The van der Waals surface area contributed by atoms with Crippen molar-refractivity contribution in [1.82, 2.24) is 0 Å². The molecule has 1 aliphatic heterocycles. The van der Waals surface area contributed by atoms with Gasteiger partial charge < -0.3 is 4.90 Å². The predicted molar refractivity (Wildman–Crippen MR) is 64.5 cm³/mol. The number of fused-ring (bicyclic) bond motifs is 2. The van der Waals surface area contributed by atoms with Crippen molar-refractivity contribution in [2.24, 2.45) is 5.92 Å². The van der Waals surface area contributed by atoms with Gasteiger partial charge in [-0.05, 0) is 49.9 Å². The Kier molecular flexibility index (Phi) is 2.19. The van der Waals surface area contributed by atoms with Gasteiger partial charge in [0.25, 0.3) is 0 Å². The zero-order valence-electron chi connectivity index (χ0n) is 9.81. The van der Waals surface area contributed by atoms with Crippen LogP contribution in [0, 0.1) is 24.2 Å². The molecule has 0 N–H and O–H groups in total. The van der Waals surface area contributed by atoms with E-state index in [1.54, 1.807) is 0 Å². The van der Waals surface area contributed by atoms with E-state index >= 15 is 0 Å². The highest BCUT2D eigenvalue weighted by molar-refractivity contribution is 5.99. The van der Waals surface area contributed by atoms with Crippen molar-refractivity contribution in [2.75, 3.05) is 4.90 Å². The van der Waals surface area contributed by atoms with Crippen LogP contribution in [0.1, 0.15) is 30.4 Å². The van der Waals surface area contributed by atoms with Crippen molar-refractivity contribution in [3.63, 3.8) is 0 Å². The Balaban J connectivity index is 1.98. The number of hydrogen-bond acceptors (Lipinski definition) is 2. The molecule has 1 amide bonds. The van der Waals surface area contributed by atoms with Gasteiger partial charge in [0, 0.05) is 17.6 Å². The summed E-state index contributed by atoms with van der Waals surface area (Å²) < 4.78 is 0. The van der Waals surface area contributed by atoms with E-state index in [1.165, 1.54) is 0 Å². The second-order valence-electron chi connectivity index (χ2n) is 4.98. The maximum Gasteiger partial charge on any atom is 0.230 e. The van der Waals surface area contributed by atoms with Crippen LogP contribution in [0.3, 0.4) is 0 Å². The molecule has 2 atom stereocenters. The van der Waals surface area contributed by atoms with Crippen LogP contribution >= 0.6 is 0 Å². The Bertz CT molecular complexity index is 530. The first-order chi connectivity index (χ1) is 8.20. The van der Waals surface area contributed by atoms with E-state index in [1.807, 2.05) is 30.0 Å². The minimum atomic E-state index is 0.246. The first-order valence-corrected chi connectivity index (χ1v) is 6.04. The summed E-state index contributed by atoms with van der Waals surface area (Å²) in [5.74, 6) is 0.515. The van der Waals surface area contributed by atoms with Gasteiger partial charge in [-0.2, -0.15) is 5.26 Å². The number of carbonyl (C=O) groups is 1. The fraction of sp³-hybridized carbons (Fsp3) is 0.429. The summed E-state index contributed by atoms with van der Waals surface area (Å²) in [6.45, 7) is 1.92. The molecule has 2 bridgehead atoms. The Morgan fingerprint density at radius 2 is 2.24 bits per heavy atom. The van der Waals surface area contributed by atoms with Crippen molar-refractivity contribution in [1.29, 1.82) is 5.26 Å². The quantitative estimate of drug-likeness (QED) is 0.738. The molecule has 1 aliphatic carbocycles. The maximum absolute atomic E-state index is 12.1. The molecule has 2 fully saturated rings. The van der Waals surface area contributed by atoms with Crippen LogP contribution in [0.4, 0.5) is 5.69 Å². The van der Waals surface area contributed by atoms with E-state index in [4.69, 9.17) is 5.26 Å². The minimum Gasteiger partial charge on any atom is -0.309 e. The van der Waals surface area contributed by atoms with E-state index in [0.717, 1.165) is 30.5 Å². The highest BCUT2D eigenvalue weighted by Gasteiger charge is 2.45. The van der Waals surface area contributed by atoms with E-state index in [-0.39, 0.29) is 11.8 Å². The van der Waals surface area contributed by atoms with Crippen LogP contribution in [0.2, 0.25) is 0 Å². The number of hydrogen-bond donors (Lipinski definition) is 0. The predicted octanol–water partition coefficient (Wildman–Crippen LogP) is 2.38. The fourth-order valence-electron chi connectivity index (χ4n) is 3.05. The number of piperidine rings is 1. The Labute approximate surface area is 101 Å². The van der Waals surface area contributed by atoms with Crippen molar-refractivity contribution in [3.05, 3.63) is 29.3 Å². The molecule has 2 aliphatic rings. The second kappa shape index (κ2) is 3.59. The average Bonchev–Trinajstić information content (AvgIpc) is 2.89. The lowest BCUT2D eigenvalue weighted by atomic mass is 10.1. The van der Waals surface area contributed by atoms with Gasteiger partial charge >= 0.3 is 0 Å². The number of nitrogens with zero attached hydrogens (tertiary/aromatic N) is 2. The summed E-state index contributed by atoms with van der Waals surface area (Å²) in [4.78, 5) is 14.0. The summed E-state index contributed by atoms with van der Waals surface area (Å²) in [5, 5.41) is 8.90. The molecule has 3 heteroatoms. The monoisotopic (exact) mass is 226 g/mol. The van der Waals surface area contributed by atoms with Crippen molar-refractivity contribution in [3.8, 4) is 6.07 Å². The lowest BCUT2D eigenvalue weighted by molar-refractivity contribution is -0.121. The van der Waals surface area contributed by atoms with Gasteiger partial charge in [0.2, 0.25) is 5.91 Å². The molecule has 0 spiro atoms. The largest absolute Gasteiger partial charge is 0.309 e. The number of rotatable bonds is 1. The lowest BCUT2D eigenvalue weighted by Crippen LogP contribution is -2.36. The van der Waals surface area contributed by atoms with Gasteiger partial charge in [-0.25, -0.2) is 0 Å². The third-order valence-corrected chi connectivity index (χ3v) is 3.97. The molecule has 1 saturated heterocycles. The Morgan fingerprint density at radius 1 is 1.41 bits per heavy atom. The number of nitriles is 1. The third-order valence-electron chi connectivity index (χ3n) is 3.97. The molecule has 1 aromatic carbocycles. The van der Waals surface area contributed by atoms with Crippen molar-refractivity contribution in [2.45, 2.75) is 32.2 Å². The van der Waals surface area contributed by atoms with E-state index < -0.39 is 0 Å². The number of carbonyl (C=O) groups excluding carboxylic acids is 1. The SMILES string of the molecule is Cc1cc(N2C(=O)[C@H]3CC[C@@H]2C3)ccc1C#N. The highest BCUT2D eigenvalue weighted by atomic mass is 16.2. The van der Waals surface area contributed by atoms with E-state index in [0.29, 0.717) is 11.6 Å². The van der Waals surface area contributed by atoms with Gasteiger partial charge in [-0.3, -0.25) is 4.79 Å². The van der Waals surface area contributed by atoms with Crippen LogP contribution in [0.25, 0.3) is 0 Å². The van der Waals surface area contributed by atoms with Gasteiger partial charge in [-0.15, -0.1) is 0 Å². The molecule has 3 rings (SSSR count). The lowest BCUT2D eigenvalue weighted by Gasteiger charge is -2.27. The Morgan fingerprint density at radius 3 is 2.82 bits per heavy atom. The minimum absolute atomic E-state index is 0.246. The first-order valence-electron chi connectivity index (χ1n) is 6.04. The third kappa shape index (κ3) is 1.44. The molecule has 1 aromatic rings. The smallest absolute Gasteiger partial charge is 0.230 e. The number of aryl methyl sites for hydroxylation is 1. The maximum atomic E-state index is 12.1. The summed E-state index contributed by atoms with van der Waals surface area (Å²) in [5.41, 5.74) is 2.59. The summed E-state index contributed by atoms with van der Waals surface area (Å²) in [6.07, 6.45) is 3.18. The van der Waals surface area contributed by atoms with E-state index in [9.17, 15) is 4.79 Å². The first kappa shape index (κ1) is 10.3. The highest BCUT2D eigenvalue weighted by Crippen LogP contribution is 2.41. The topological polar surface area (TPSA) is 44.1 Å².